The standard InChI is InChI=1S/C9H19N.C8H17N/c1-9(2,3)8-4-6-10-7-5-8;1-8(2,3)7-4-5-9-6-7/h8,10H,4-7H2,1-3H3;7,9H,4-6H2,1-3H3. The molecule has 1 unspecified atom stereocenters. The summed E-state index contributed by atoms with van der Waals surface area (Å²) >= 11 is 0. The van der Waals surface area contributed by atoms with E-state index in [1.165, 1.54) is 45.4 Å². The molecular weight excluding hydrogens is 232 g/mol. The molecule has 2 saturated heterocycles. The minimum absolute atomic E-state index is 0.517. The third-order valence-electron chi connectivity index (χ3n) is 4.85. The second-order valence-corrected chi connectivity index (χ2v) is 8.45. The van der Waals surface area contributed by atoms with E-state index in [2.05, 4.69) is 52.2 Å². The topological polar surface area (TPSA) is 24.1 Å². The summed E-state index contributed by atoms with van der Waals surface area (Å²) in [5.41, 5.74) is 1.05. The van der Waals surface area contributed by atoms with E-state index in [0.29, 0.717) is 10.8 Å². The maximum Gasteiger partial charge on any atom is -0.00150 e. The largest absolute Gasteiger partial charge is 0.317 e. The molecule has 2 heteroatoms. The van der Waals surface area contributed by atoms with Crippen LogP contribution in [0.3, 0.4) is 0 Å². The van der Waals surface area contributed by atoms with Gasteiger partial charge in [-0.1, -0.05) is 41.5 Å². The Hall–Kier alpha value is -0.0800. The quantitative estimate of drug-likeness (QED) is 0.700. The molecule has 0 amide bonds. The Kier molecular flexibility index (Phi) is 6.32. The zero-order valence-electron chi connectivity index (χ0n) is 14.1. The summed E-state index contributed by atoms with van der Waals surface area (Å²) in [4.78, 5) is 0. The first-order valence-corrected chi connectivity index (χ1v) is 8.12. The minimum Gasteiger partial charge on any atom is -0.317 e. The molecule has 2 aliphatic heterocycles. The lowest BCUT2D eigenvalue weighted by molar-refractivity contribution is 0.188. The van der Waals surface area contributed by atoms with Crippen LogP contribution in [0.5, 0.6) is 0 Å². The maximum atomic E-state index is 3.39. The van der Waals surface area contributed by atoms with Gasteiger partial charge >= 0.3 is 0 Å². The van der Waals surface area contributed by atoms with E-state index in [1.54, 1.807) is 0 Å². The van der Waals surface area contributed by atoms with Crippen molar-refractivity contribution in [2.45, 2.75) is 60.8 Å². The number of hydrogen-bond donors (Lipinski definition) is 2. The lowest BCUT2D eigenvalue weighted by Crippen LogP contribution is -2.34. The molecule has 2 aliphatic rings. The number of piperidine rings is 1. The van der Waals surface area contributed by atoms with Crippen molar-refractivity contribution in [3.8, 4) is 0 Å². The van der Waals surface area contributed by atoms with Gasteiger partial charge in [-0.3, -0.25) is 0 Å². The minimum atomic E-state index is 0.517. The van der Waals surface area contributed by atoms with Gasteiger partial charge in [0.25, 0.3) is 0 Å². The maximum absolute atomic E-state index is 3.39. The fraction of sp³-hybridized carbons (Fsp3) is 1.00. The summed E-state index contributed by atoms with van der Waals surface area (Å²) in [5.74, 6) is 1.84. The molecule has 2 nitrogen and oxygen atoms in total. The molecule has 0 aliphatic carbocycles. The first-order valence-electron chi connectivity index (χ1n) is 8.12. The number of rotatable bonds is 0. The van der Waals surface area contributed by atoms with Crippen LogP contribution in [0.2, 0.25) is 0 Å². The van der Waals surface area contributed by atoms with E-state index in [1.807, 2.05) is 0 Å². The first-order chi connectivity index (χ1) is 8.71. The predicted molar refractivity (Wildman–Crippen MR) is 85.5 cm³/mol. The summed E-state index contributed by atoms with van der Waals surface area (Å²) in [6.07, 6.45) is 4.09. The highest BCUT2D eigenvalue weighted by Crippen LogP contribution is 2.32. The van der Waals surface area contributed by atoms with Crippen LogP contribution in [0, 0.1) is 22.7 Å². The summed E-state index contributed by atoms with van der Waals surface area (Å²) in [5, 5.41) is 6.77. The predicted octanol–water partition coefficient (Wildman–Crippen LogP) is 3.67. The molecule has 2 heterocycles. The second kappa shape index (κ2) is 7.08. The summed E-state index contributed by atoms with van der Waals surface area (Å²) < 4.78 is 0. The van der Waals surface area contributed by atoms with Crippen molar-refractivity contribution < 1.29 is 0 Å². The van der Waals surface area contributed by atoms with Gasteiger partial charge in [-0.2, -0.15) is 0 Å². The molecule has 1 atom stereocenters. The van der Waals surface area contributed by atoms with Gasteiger partial charge in [0, 0.05) is 0 Å². The van der Waals surface area contributed by atoms with Crippen LogP contribution < -0.4 is 10.6 Å². The van der Waals surface area contributed by atoms with Crippen molar-refractivity contribution in [3.63, 3.8) is 0 Å². The van der Waals surface area contributed by atoms with Crippen LogP contribution in [0.15, 0.2) is 0 Å². The Balaban J connectivity index is 0.000000191. The average molecular weight is 268 g/mol. The van der Waals surface area contributed by atoms with Gasteiger partial charge in [0.15, 0.2) is 0 Å². The molecule has 2 fully saturated rings. The molecule has 0 radical (unpaired) electrons. The van der Waals surface area contributed by atoms with Crippen molar-refractivity contribution in [1.82, 2.24) is 10.6 Å². The van der Waals surface area contributed by atoms with E-state index in [9.17, 15) is 0 Å². The van der Waals surface area contributed by atoms with E-state index >= 15 is 0 Å². The summed E-state index contributed by atoms with van der Waals surface area (Å²) in [6.45, 7) is 18.9. The fourth-order valence-electron chi connectivity index (χ4n) is 3.08. The highest BCUT2D eigenvalue weighted by atomic mass is 14.9. The highest BCUT2D eigenvalue weighted by Gasteiger charge is 2.27. The van der Waals surface area contributed by atoms with E-state index in [4.69, 9.17) is 0 Å². The Morgan fingerprint density at radius 1 is 0.632 bits per heavy atom. The number of hydrogen-bond acceptors (Lipinski definition) is 2. The Bertz CT molecular complexity index is 235. The fourth-order valence-corrected chi connectivity index (χ4v) is 3.08. The van der Waals surface area contributed by atoms with Crippen LogP contribution in [0.25, 0.3) is 0 Å². The van der Waals surface area contributed by atoms with E-state index < -0.39 is 0 Å². The molecule has 0 aromatic rings. The molecule has 114 valence electrons. The van der Waals surface area contributed by atoms with Gasteiger partial charge in [0.1, 0.15) is 0 Å². The van der Waals surface area contributed by atoms with Crippen LogP contribution in [0.4, 0.5) is 0 Å². The van der Waals surface area contributed by atoms with Crippen LogP contribution in [-0.2, 0) is 0 Å². The third kappa shape index (κ3) is 6.27. The molecule has 19 heavy (non-hydrogen) atoms. The molecule has 0 aromatic carbocycles. The molecule has 0 saturated carbocycles. The molecule has 0 spiro atoms. The SMILES string of the molecule is CC(C)(C)C1CCNC1.CC(C)(C)C1CCNCC1. The van der Waals surface area contributed by atoms with Gasteiger partial charge < -0.3 is 10.6 Å². The first kappa shape index (κ1) is 17.0. The highest BCUT2D eigenvalue weighted by molar-refractivity contribution is 4.81. The van der Waals surface area contributed by atoms with Crippen molar-refractivity contribution >= 4 is 0 Å². The molecular formula is C17H36N2. The van der Waals surface area contributed by atoms with Crippen LogP contribution in [-0.4, -0.2) is 26.2 Å². The molecule has 0 aromatic heterocycles. The Morgan fingerprint density at radius 3 is 1.32 bits per heavy atom. The molecule has 2 N–H and O–H groups in total. The van der Waals surface area contributed by atoms with Crippen LogP contribution in [0.1, 0.15) is 60.8 Å². The zero-order chi connectivity index (χ0) is 14.5. The van der Waals surface area contributed by atoms with E-state index in [0.717, 1.165) is 11.8 Å². The molecule has 2 rings (SSSR count). The Morgan fingerprint density at radius 2 is 1.05 bits per heavy atom. The van der Waals surface area contributed by atoms with Gasteiger partial charge in [-0.25, -0.2) is 0 Å². The number of nitrogens with one attached hydrogen (secondary N) is 2. The zero-order valence-corrected chi connectivity index (χ0v) is 14.1. The molecule has 0 bridgehead atoms. The van der Waals surface area contributed by atoms with Crippen molar-refractivity contribution in [1.29, 1.82) is 0 Å². The second-order valence-electron chi connectivity index (χ2n) is 8.45. The van der Waals surface area contributed by atoms with E-state index in [-0.39, 0.29) is 0 Å². The van der Waals surface area contributed by atoms with Crippen molar-refractivity contribution in [3.05, 3.63) is 0 Å². The van der Waals surface area contributed by atoms with Crippen molar-refractivity contribution in [2.75, 3.05) is 26.2 Å². The van der Waals surface area contributed by atoms with Crippen molar-refractivity contribution in [2.24, 2.45) is 22.7 Å². The smallest absolute Gasteiger partial charge is 0.00150 e. The van der Waals surface area contributed by atoms with Gasteiger partial charge in [0.2, 0.25) is 0 Å². The van der Waals surface area contributed by atoms with Gasteiger partial charge in [-0.05, 0) is 68.1 Å². The summed E-state index contributed by atoms with van der Waals surface area (Å²) in [6, 6.07) is 0. The van der Waals surface area contributed by atoms with Crippen LogP contribution >= 0.6 is 0 Å². The normalized spacial score (nSPS) is 25.9. The van der Waals surface area contributed by atoms with Gasteiger partial charge in [0.05, 0.1) is 0 Å². The lowest BCUT2D eigenvalue weighted by Gasteiger charge is -2.34. The third-order valence-corrected chi connectivity index (χ3v) is 4.85. The van der Waals surface area contributed by atoms with Gasteiger partial charge in [-0.15, -0.1) is 0 Å². The average Bonchev–Trinajstić information content (AvgIpc) is 2.83. The Labute approximate surface area is 121 Å². The summed E-state index contributed by atoms with van der Waals surface area (Å²) in [7, 11) is 0. The lowest BCUT2D eigenvalue weighted by atomic mass is 9.76. The monoisotopic (exact) mass is 268 g/mol.